The average molecular weight is 488 g/mol. The molecule has 0 fully saturated rings. The van der Waals surface area contributed by atoms with Crippen molar-refractivity contribution in [3.8, 4) is 22.6 Å². The molecule has 4 heterocycles. The van der Waals surface area contributed by atoms with E-state index in [0.717, 1.165) is 12.1 Å². The molecular formula is C22H17ClF3N7O. The normalized spacial score (nSPS) is 16.1. The highest BCUT2D eigenvalue weighted by molar-refractivity contribution is 6.32. The molecule has 0 bridgehead atoms. The van der Waals surface area contributed by atoms with Crippen molar-refractivity contribution in [2.45, 2.75) is 19.1 Å². The number of rotatable bonds is 3. The Morgan fingerprint density at radius 3 is 2.53 bits per heavy atom. The Bertz CT molecular complexity index is 1380. The van der Waals surface area contributed by atoms with Crippen LogP contribution in [0.1, 0.15) is 29.0 Å². The zero-order valence-electron chi connectivity index (χ0n) is 17.6. The number of pyridine rings is 1. The van der Waals surface area contributed by atoms with Crippen LogP contribution in [-0.4, -0.2) is 37.2 Å². The van der Waals surface area contributed by atoms with Gasteiger partial charge in [0.25, 0.3) is 5.91 Å². The topological polar surface area (TPSA) is 106 Å². The van der Waals surface area contributed by atoms with Gasteiger partial charge in [0.05, 0.1) is 23.4 Å². The molecule has 3 N–H and O–H groups in total. The number of anilines is 2. The molecule has 0 aliphatic carbocycles. The summed E-state index contributed by atoms with van der Waals surface area (Å²) >= 11 is 6.43. The van der Waals surface area contributed by atoms with E-state index in [4.69, 9.17) is 17.3 Å². The summed E-state index contributed by atoms with van der Waals surface area (Å²) in [7, 11) is 0. The van der Waals surface area contributed by atoms with Gasteiger partial charge in [-0.1, -0.05) is 11.6 Å². The van der Waals surface area contributed by atoms with Gasteiger partial charge in [-0.15, -0.1) is 0 Å². The van der Waals surface area contributed by atoms with Crippen molar-refractivity contribution in [3.05, 3.63) is 65.2 Å². The first-order chi connectivity index (χ1) is 16.1. The van der Waals surface area contributed by atoms with Gasteiger partial charge in [-0.3, -0.25) is 9.48 Å². The number of alkyl halides is 3. The number of benzene rings is 1. The largest absolute Gasteiger partial charge is 0.416 e. The van der Waals surface area contributed by atoms with Crippen LogP contribution in [0.5, 0.6) is 0 Å². The minimum atomic E-state index is -4.46. The second kappa shape index (κ2) is 7.87. The molecule has 5 rings (SSSR count). The van der Waals surface area contributed by atoms with Crippen molar-refractivity contribution in [3.63, 3.8) is 0 Å². The van der Waals surface area contributed by atoms with Gasteiger partial charge in [0.15, 0.2) is 0 Å². The van der Waals surface area contributed by atoms with E-state index in [9.17, 15) is 18.0 Å². The number of hydrogen-bond acceptors (Lipinski definition) is 5. The number of nitrogens with two attached hydrogens (primary N) is 1. The van der Waals surface area contributed by atoms with Crippen LogP contribution >= 0.6 is 11.6 Å². The Balaban J connectivity index is 1.53. The van der Waals surface area contributed by atoms with Crippen molar-refractivity contribution in [1.82, 2.24) is 24.7 Å². The lowest BCUT2D eigenvalue weighted by molar-refractivity contribution is -0.137. The van der Waals surface area contributed by atoms with E-state index in [-0.39, 0.29) is 23.4 Å². The van der Waals surface area contributed by atoms with Crippen LogP contribution in [0.15, 0.2) is 48.8 Å². The number of aromatic amines is 1. The summed E-state index contributed by atoms with van der Waals surface area (Å²) in [5.41, 5.74) is 6.83. The fourth-order valence-corrected chi connectivity index (χ4v) is 4.13. The van der Waals surface area contributed by atoms with E-state index >= 15 is 0 Å². The lowest BCUT2D eigenvalue weighted by Gasteiger charge is -2.32. The van der Waals surface area contributed by atoms with Crippen LogP contribution in [0.3, 0.4) is 0 Å². The monoisotopic (exact) mass is 487 g/mol. The molecule has 1 amide bonds. The second-order valence-electron chi connectivity index (χ2n) is 7.88. The van der Waals surface area contributed by atoms with E-state index < -0.39 is 17.6 Å². The quantitative estimate of drug-likeness (QED) is 0.431. The number of halogens is 4. The third-order valence-electron chi connectivity index (χ3n) is 5.59. The molecule has 1 atom stereocenters. The second-order valence-corrected chi connectivity index (χ2v) is 8.26. The number of imidazole rings is 1. The number of nitrogens with zero attached hydrogens (tertiary/aromatic N) is 5. The summed E-state index contributed by atoms with van der Waals surface area (Å²) in [6.45, 7) is 2.11. The number of aromatic nitrogens is 5. The molecule has 34 heavy (non-hydrogen) atoms. The van der Waals surface area contributed by atoms with Crippen LogP contribution in [0.4, 0.5) is 24.7 Å². The molecule has 0 saturated carbocycles. The number of hydrogen-bond donors (Lipinski definition) is 2. The molecule has 1 aliphatic heterocycles. The summed E-state index contributed by atoms with van der Waals surface area (Å²) in [6, 6.07) is 7.60. The van der Waals surface area contributed by atoms with Crippen LogP contribution < -0.4 is 10.6 Å². The minimum absolute atomic E-state index is 0.203. The lowest BCUT2D eigenvalue weighted by atomic mass is 10.1. The molecule has 12 heteroatoms. The Labute approximate surface area is 196 Å². The van der Waals surface area contributed by atoms with Crippen LogP contribution in [0.2, 0.25) is 5.15 Å². The van der Waals surface area contributed by atoms with Crippen LogP contribution in [0.25, 0.3) is 22.6 Å². The molecule has 174 valence electrons. The maximum Gasteiger partial charge on any atom is 0.416 e. The fourth-order valence-electron chi connectivity index (χ4n) is 3.90. The summed E-state index contributed by atoms with van der Waals surface area (Å²) in [4.78, 5) is 26.4. The van der Waals surface area contributed by atoms with Crippen molar-refractivity contribution in [2.24, 2.45) is 0 Å². The minimum Gasteiger partial charge on any atom is -0.384 e. The third kappa shape index (κ3) is 3.67. The number of carbonyl (C=O) groups excluding carboxylic acids is 1. The zero-order chi connectivity index (χ0) is 24.2. The molecule has 0 saturated heterocycles. The van der Waals surface area contributed by atoms with Crippen molar-refractivity contribution >= 4 is 29.0 Å². The molecule has 1 aliphatic rings. The van der Waals surface area contributed by atoms with E-state index in [1.807, 2.05) is 6.92 Å². The van der Waals surface area contributed by atoms with E-state index in [1.165, 1.54) is 23.2 Å². The predicted octanol–water partition coefficient (Wildman–Crippen LogP) is 4.81. The van der Waals surface area contributed by atoms with E-state index in [1.54, 1.807) is 23.0 Å². The zero-order valence-corrected chi connectivity index (χ0v) is 18.4. The number of H-pyrrole nitrogens is 1. The third-order valence-corrected chi connectivity index (χ3v) is 5.86. The number of fused-ring (bicyclic) bond motifs is 1. The predicted molar refractivity (Wildman–Crippen MR) is 120 cm³/mol. The molecular weight excluding hydrogens is 471 g/mol. The first kappa shape index (κ1) is 22.0. The van der Waals surface area contributed by atoms with Gasteiger partial charge in [-0.05, 0) is 43.3 Å². The smallest absolute Gasteiger partial charge is 0.384 e. The Kier molecular flexibility index (Phi) is 5.08. The number of amides is 1. The van der Waals surface area contributed by atoms with Crippen molar-refractivity contribution in [1.29, 1.82) is 0 Å². The van der Waals surface area contributed by atoms with Crippen LogP contribution in [0, 0.1) is 0 Å². The number of nitrogens with one attached hydrogen (secondary N) is 1. The van der Waals surface area contributed by atoms with E-state index in [0.29, 0.717) is 34.2 Å². The SMILES string of the molecule is CC1CN(c2ccc(C(F)(F)F)cc2)C(=O)c2c(-c3nc(-c4ccc(N)nc4)[nH]c3Cl)cnn21. The van der Waals surface area contributed by atoms with E-state index in [2.05, 4.69) is 20.1 Å². The highest BCUT2D eigenvalue weighted by atomic mass is 35.5. The summed E-state index contributed by atoms with van der Waals surface area (Å²) in [6.07, 6.45) is -1.41. The number of nitrogen functional groups attached to an aromatic ring is 1. The maximum atomic E-state index is 13.5. The molecule has 3 aromatic heterocycles. The number of carbonyl (C=O) groups is 1. The Morgan fingerprint density at radius 1 is 1.15 bits per heavy atom. The summed E-state index contributed by atoms with van der Waals surface area (Å²) < 4.78 is 40.4. The fraction of sp³-hybridized carbons (Fsp3) is 0.182. The lowest BCUT2D eigenvalue weighted by Crippen LogP contribution is -2.42. The van der Waals surface area contributed by atoms with Gasteiger partial charge >= 0.3 is 6.18 Å². The first-order valence-corrected chi connectivity index (χ1v) is 10.6. The van der Waals surface area contributed by atoms with Gasteiger partial charge in [-0.2, -0.15) is 18.3 Å². The summed E-state index contributed by atoms with van der Waals surface area (Å²) in [5.74, 6) is 0.374. The van der Waals surface area contributed by atoms with Gasteiger partial charge in [0.1, 0.15) is 28.2 Å². The first-order valence-electron chi connectivity index (χ1n) is 10.2. The highest BCUT2D eigenvalue weighted by Gasteiger charge is 2.36. The molecule has 1 aromatic carbocycles. The van der Waals surface area contributed by atoms with Crippen LogP contribution in [-0.2, 0) is 6.18 Å². The standard InChI is InChI=1S/C22H17ClF3N7O/c1-11-10-32(14-5-3-13(4-6-14)22(24,25)26)21(34)18-15(9-29-33(11)18)17-19(23)31-20(30-17)12-2-7-16(27)28-8-12/h2-9,11H,10H2,1H3,(H2,27,28)(H,30,31). The molecule has 8 nitrogen and oxygen atoms in total. The van der Waals surface area contributed by atoms with Gasteiger partial charge in [0, 0.05) is 24.0 Å². The maximum absolute atomic E-state index is 13.5. The average Bonchev–Trinajstić information content (AvgIpc) is 3.40. The summed E-state index contributed by atoms with van der Waals surface area (Å²) in [5, 5.41) is 4.56. The van der Waals surface area contributed by atoms with Gasteiger partial charge in [-0.25, -0.2) is 9.97 Å². The van der Waals surface area contributed by atoms with Gasteiger partial charge < -0.3 is 15.6 Å². The molecule has 1 unspecified atom stereocenters. The Hall–Kier alpha value is -3.86. The van der Waals surface area contributed by atoms with Gasteiger partial charge in [0.2, 0.25) is 0 Å². The Morgan fingerprint density at radius 2 is 1.88 bits per heavy atom. The highest BCUT2D eigenvalue weighted by Crippen LogP contribution is 2.37. The van der Waals surface area contributed by atoms with Crippen molar-refractivity contribution < 1.29 is 18.0 Å². The molecule has 4 aromatic rings. The molecule has 0 spiro atoms. The molecule has 0 radical (unpaired) electrons. The van der Waals surface area contributed by atoms with Crippen molar-refractivity contribution in [2.75, 3.05) is 17.2 Å².